The van der Waals surface area contributed by atoms with Gasteiger partial charge in [0.25, 0.3) is 0 Å². The fourth-order valence-corrected chi connectivity index (χ4v) is 2.15. The summed E-state index contributed by atoms with van der Waals surface area (Å²) in [6.07, 6.45) is 17.9. The van der Waals surface area contributed by atoms with E-state index in [4.69, 9.17) is 0 Å². The fraction of sp³-hybridized carbons (Fsp3) is 0.765. The molecule has 0 saturated heterocycles. The molecule has 17 heavy (non-hydrogen) atoms. The van der Waals surface area contributed by atoms with Gasteiger partial charge >= 0.3 is 0 Å². The van der Waals surface area contributed by atoms with E-state index in [0.717, 1.165) is 0 Å². The van der Waals surface area contributed by atoms with Crippen LogP contribution in [0.1, 0.15) is 79.1 Å². The summed E-state index contributed by atoms with van der Waals surface area (Å²) < 4.78 is 0. The summed E-state index contributed by atoms with van der Waals surface area (Å²) in [6.45, 7) is 8.90. The molecule has 0 N–H and O–H groups in total. The number of allylic oxidation sites excluding steroid dienone is 4. The third-order valence-corrected chi connectivity index (χ3v) is 3.00. The molecule has 0 bridgehead atoms. The van der Waals surface area contributed by atoms with E-state index in [9.17, 15) is 0 Å². The first-order valence-electron chi connectivity index (χ1n) is 7.54. The minimum absolute atomic E-state index is 0.672. The van der Waals surface area contributed by atoms with E-state index in [1.165, 1.54) is 56.9 Å². The summed E-state index contributed by atoms with van der Waals surface area (Å²) in [4.78, 5) is 0. The van der Waals surface area contributed by atoms with E-state index in [-0.39, 0.29) is 0 Å². The maximum atomic E-state index is 2.40. The molecular weight excluding hydrogens is 204 g/mol. The van der Waals surface area contributed by atoms with Gasteiger partial charge in [-0.3, -0.25) is 0 Å². The zero-order chi connectivity index (χ0) is 12.9. The van der Waals surface area contributed by atoms with E-state index in [1.807, 2.05) is 0 Å². The molecule has 100 valence electrons. The fourth-order valence-electron chi connectivity index (χ4n) is 2.15. The average Bonchev–Trinajstić information content (AvgIpc) is 2.27. The zero-order valence-corrected chi connectivity index (χ0v) is 12.5. The van der Waals surface area contributed by atoms with Gasteiger partial charge in [0.05, 0.1) is 0 Å². The summed E-state index contributed by atoms with van der Waals surface area (Å²) in [5, 5.41) is 0. The van der Waals surface area contributed by atoms with Crippen LogP contribution in [0.5, 0.6) is 0 Å². The van der Waals surface area contributed by atoms with Crippen LogP contribution >= 0.6 is 0 Å². The molecule has 0 fully saturated rings. The number of hydrogen-bond donors (Lipinski definition) is 0. The van der Waals surface area contributed by atoms with E-state index in [1.54, 1.807) is 0 Å². The van der Waals surface area contributed by atoms with E-state index in [0.29, 0.717) is 5.92 Å². The molecule has 0 aliphatic heterocycles. The van der Waals surface area contributed by atoms with Gasteiger partial charge in [-0.05, 0) is 25.7 Å². The Labute approximate surface area is 109 Å². The average molecular weight is 236 g/mol. The van der Waals surface area contributed by atoms with Gasteiger partial charge in [-0.25, -0.2) is 0 Å². The van der Waals surface area contributed by atoms with E-state index in [2.05, 4.69) is 45.9 Å². The largest absolute Gasteiger partial charge is 0.0874 e. The van der Waals surface area contributed by atoms with Gasteiger partial charge in [-0.2, -0.15) is 0 Å². The van der Waals surface area contributed by atoms with Crippen LogP contribution in [0.3, 0.4) is 0 Å². The minimum Gasteiger partial charge on any atom is -0.0874 e. The van der Waals surface area contributed by atoms with Gasteiger partial charge in [0.15, 0.2) is 0 Å². The monoisotopic (exact) mass is 236 g/mol. The molecule has 0 nitrogen and oxygen atoms in total. The van der Waals surface area contributed by atoms with Crippen molar-refractivity contribution in [2.24, 2.45) is 5.92 Å². The van der Waals surface area contributed by atoms with Crippen molar-refractivity contribution in [3.63, 3.8) is 0 Å². The van der Waals surface area contributed by atoms with Gasteiger partial charge in [0.1, 0.15) is 0 Å². The Bertz CT molecular complexity index is 208. The van der Waals surface area contributed by atoms with Crippen molar-refractivity contribution in [2.45, 2.75) is 79.1 Å². The lowest BCUT2D eigenvalue weighted by atomic mass is 10.0. The number of unbranched alkanes of at least 4 members (excludes halogenated alkanes) is 6. The molecule has 0 atom stereocenters. The Hall–Kier alpha value is -0.520. The minimum atomic E-state index is 0.672. The SMILES string of the molecule is C/C=C\C(=C/C(C)C)CCCCCCCCC. The van der Waals surface area contributed by atoms with Crippen LogP contribution in [0.2, 0.25) is 0 Å². The standard InChI is InChI=1S/C17H32/c1-5-7-8-9-10-11-12-14-17(13-6-2)15-16(3)4/h6,13,15-16H,5,7-12,14H2,1-4H3/b13-6-,17-15+. The third-order valence-electron chi connectivity index (χ3n) is 3.00. The molecule has 0 heteroatoms. The molecule has 0 rings (SSSR count). The van der Waals surface area contributed by atoms with Crippen LogP contribution in [-0.2, 0) is 0 Å². The number of rotatable bonds is 10. The molecule has 0 aliphatic rings. The first-order chi connectivity index (χ1) is 8.20. The summed E-state index contributed by atoms with van der Waals surface area (Å²) in [6, 6.07) is 0. The van der Waals surface area contributed by atoms with Crippen molar-refractivity contribution >= 4 is 0 Å². The van der Waals surface area contributed by atoms with E-state index < -0.39 is 0 Å². The maximum absolute atomic E-state index is 2.40. The normalized spacial score (nSPS) is 12.9. The summed E-state index contributed by atoms with van der Waals surface area (Å²) in [5.41, 5.74) is 1.52. The van der Waals surface area contributed by atoms with Crippen molar-refractivity contribution in [1.29, 1.82) is 0 Å². The van der Waals surface area contributed by atoms with Crippen LogP contribution < -0.4 is 0 Å². The highest BCUT2D eigenvalue weighted by atomic mass is 14.0. The van der Waals surface area contributed by atoms with Gasteiger partial charge in [-0.1, -0.05) is 83.1 Å². The predicted molar refractivity (Wildman–Crippen MR) is 80.3 cm³/mol. The lowest BCUT2D eigenvalue weighted by Crippen LogP contribution is -1.87. The highest BCUT2D eigenvalue weighted by Crippen LogP contribution is 2.15. The highest BCUT2D eigenvalue weighted by Gasteiger charge is 1.96. The van der Waals surface area contributed by atoms with Gasteiger partial charge in [0, 0.05) is 0 Å². The molecule has 0 aromatic rings. The first kappa shape index (κ1) is 16.5. The molecule has 0 aromatic carbocycles. The second-order valence-electron chi connectivity index (χ2n) is 5.36. The Morgan fingerprint density at radius 3 is 2.06 bits per heavy atom. The molecule has 0 saturated carbocycles. The smallest absolute Gasteiger partial charge is 0.0282 e. The topological polar surface area (TPSA) is 0 Å². The van der Waals surface area contributed by atoms with Crippen LogP contribution in [0.15, 0.2) is 23.8 Å². The summed E-state index contributed by atoms with van der Waals surface area (Å²) in [7, 11) is 0. The molecular formula is C17H32. The molecule has 0 aromatic heterocycles. The Balaban J connectivity index is 3.62. The second-order valence-corrected chi connectivity index (χ2v) is 5.36. The maximum Gasteiger partial charge on any atom is -0.0282 e. The Morgan fingerprint density at radius 1 is 0.941 bits per heavy atom. The lowest BCUT2D eigenvalue weighted by molar-refractivity contribution is 0.589. The Morgan fingerprint density at radius 2 is 1.53 bits per heavy atom. The van der Waals surface area contributed by atoms with Gasteiger partial charge in [0.2, 0.25) is 0 Å². The number of hydrogen-bond acceptors (Lipinski definition) is 0. The van der Waals surface area contributed by atoms with Crippen molar-refractivity contribution in [1.82, 2.24) is 0 Å². The molecule has 0 heterocycles. The van der Waals surface area contributed by atoms with Crippen LogP contribution in [0.25, 0.3) is 0 Å². The van der Waals surface area contributed by atoms with Crippen LogP contribution in [0.4, 0.5) is 0 Å². The molecule has 0 amide bonds. The van der Waals surface area contributed by atoms with Crippen molar-refractivity contribution in [2.75, 3.05) is 0 Å². The highest BCUT2D eigenvalue weighted by molar-refractivity contribution is 5.18. The second kappa shape index (κ2) is 12.0. The molecule has 0 spiro atoms. The Kier molecular flexibility index (Phi) is 11.6. The van der Waals surface area contributed by atoms with E-state index >= 15 is 0 Å². The summed E-state index contributed by atoms with van der Waals surface area (Å²) >= 11 is 0. The molecule has 0 radical (unpaired) electrons. The first-order valence-corrected chi connectivity index (χ1v) is 7.54. The molecule has 0 aliphatic carbocycles. The zero-order valence-electron chi connectivity index (χ0n) is 12.5. The molecule has 0 unspecified atom stereocenters. The van der Waals surface area contributed by atoms with Crippen molar-refractivity contribution < 1.29 is 0 Å². The van der Waals surface area contributed by atoms with Crippen molar-refractivity contribution in [3.05, 3.63) is 23.8 Å². The van der Waals surface area contributed by atoms with Gasteiger partial charge in [-0.15, -0.1) is 0 Å². The van der Waals surface area contributed by atoms with Crippen molar-refractivity contribution in [3.8, 4) is 0 Å². The third kappa shape index (κ3) is 11.7. The quantitative estimate of drug-likeness (QED) is 0.309. The van der Waals surface area contributed by atoms with Crippen LogP contribution in [-0.4, -0.2) is 0 Å². The van der Waals surface area contributed by atoms with Crippen LogP contribution in [0, 0.1) is 5.92 Å². The van der Waals surface area contributed by atoms with Gasteiger partial charge < -0.3 is 0 Å². The lowest BCUT2D eigenvalue weighted by Gasteiger charge is -2.05. The predicted octanol–water partition coefficient (Wildman–Crippen LogP) is 6.29. The summed E-state index contributed by atoms with van der Waals surface area (Å²) in [5.74, 6) is 0.672.